The zero-order valence-corrected chi connectivity index (χ0v) is 12.0. The molecule has 1 aromatic rings. The topological polar surface area (TPSA) is 44.1 Å². The predicted octanol–water partition coefficient (Wildman–Crippen LogP) is 2.93. The van der Waals surface area contributed by atoms with Gasteiger partial charge in [-0.3, -0.25) is 9.48 Å². The molecule has 0 spiro atoms. The molecule has 2 unspecified atom stereocenters. The van der Waals surface area contributed by atoms with E-state index in [0.717, 1.165) is 37.4 Å². The molecule has 0 aromatic carbocycles. The number of ether oxygens (including phenoxy) is 1. The van der Waals surface area contributed by atoms with Crippen molar-refractivity contribution in [3.8, 4) is 0 Å². The van der Waals surface area contributed by atoms with E-state index in [1.54, 1.807) is 13.3 Å². The summed E-state index contributed by atoms with van der Waals surface area (Å²) < 4.78 is 6.88. The van der Waals surface area contributed by atoms with Gasteiger partial charge in [0.25, 0.3) is 0 Å². The zero-order chi connectivity index (χ0) is 13.7. The highest BCUT2D eigenvalue weighted by Gasteiger charge is 2.30. The van der Waals surface area contributed by atoms with Crippen LogP contribution in [0.2, 0.25) is 0 Å². The van der Waals surface area contributed by atoms with E-state index in [1.807, 2.05) is 10.7 Å². The van der Waals surface area contributed by atoms with Crippen LogP contribution in [0.5, 0.6) is 0 Å². The molecule has 0 radical (unpaired) electrons. The van der Waals surface area contributed by atoms with Crippen LogP contribution in [0.3, 0.4) is 0 Å². The van der Waals surface area contributed by atoms with Crippen molar-refractivity contribution < 1.29 is 9.53 Å². The van der Waals surface area contributed by atoms with Crippen LogP contribution in [0.4, 0.5) is 0 Å². The molecule has 19 heavy (non-hydrogen) atoms. The highest BCUT2D eigenvalue weighted by atomic mass is 16.5. The second-order valence-electron chi connectivity index (χ2n) is 5.43. The lowest BCUT2D eigenvalue weighted by Crippen LogP contribution is -2.18. The summed E-state index contributed by atoms with van der Waals surface area (Å²) in [6.45, 7) is 3.67. The second-order valence-corrected chi connectivity index (χ2v) is 5.43. The van der Waals surface area contributed by atoms with Gasteiger partial charge in [-0.05, 0) is 37.7 Å². The van der Waals surface area contributed by atoms with Gasteiger partial charge in [-0.15, -0.1) is 0 Å². The maximum absolute atomic E-state index is 12.5. The summed E-state index contributed by atoms with van der Waals surface area (Å²) in [5.41, 5.74) is 0.776. The summed E-state index contributed by atoms with van der Waals surface area (Å²) in [7, 11) is 1.69. The van der Waals surface area contributed by atoms with Gasteiger partial charge in [0.15, 0.2) is 5.78 Å². The Labute approximate surface area is 115 Å². The van der Waals surface area contributed by atoms with Crippen molar-refractivity contribution in [1.29, 1.82) is 0 Å². The summed E-state index contributed by atoms with van der Waals surface area (Å²) in [5, 5.41) is 4.26. The molecule has 0 saturated heterocycles. The molecule has 1 aliphatic carbocycles. The van der Waals surface area contributed by atoms with Gasteiger partial charge in [-0.25, -0.2) is 0 Å². The first kappa shape index (κ1) is 14.3. The van der Waals surface area contributed by atoms with Gasteiger partial charge in [0, 0.05) is 32.4 Å². The average Bonchev–Trinajstić information content (AvgIpc) is 3.07. The van der Waals surface area contributed by atoms with E-state index in [4.69, 9.17) is 4.74 Å². The smallest absolute Gasteiger partial charge is 0.183 e. The summed E-state index contributed by atoms with van der Waals surface area (Å²) in [6, 6.07) is 1.86. The summed E-state index contributed by atoms with van der Waals surface area (Å²) in [4.78, 5) is 12.5. The Morgan fingerprint density at radius 2 is 2.37 bits per heavy atom. The molecule has 1 saturated carbocycles. The predicted molar refractivity (Wildman–Crippen MR) is 74.2 cm³/mol. The third-order valence-electron chi connectivity index (χ3n) is 4.18. The molecule has 0 amide bonds. The van der Waals surface area contributed by atoms with Gasteiger partial charge in [-0.1, -0.05) is 13.3 Å². The quantitative estimate of drug-likeness (QED) is 0.562. The van der Waals surface area contributed by atoms with E-state index < -0.39 is 0 Å². The zero-order valence-electron chi connectivity index (χ0n) is 12.0. The van der Waals surface area contributed by atoms with Gasteiger partial charge < -0.3 is 4.74 Å². The van der Waals surface area contributed by atoms with Crippen molar-refractivity contribution in [3.05, 3.63) is 18.0 Å². The monoisotopic (exact) mass is 264 g/mol. The van der Waals surface area contributed by atoms with Crippen LogP contribution in [-0.2, 0) is 11.3 Å². The van der Waals surface area contributed by atoms with E-state index in [0.29, 0.717) is 6.61 Å². The number of carbonyl (C=O) groups is 1. The Hall–Kier alpha value is -1.16. The lowest BCUT2D eigenvalue weighted by molar-refractivity contribution is 0.0907. The molecule has 0 bridgehead atoms. The number of aryl methyl sites for hydroxylation is 1. The number of methoxy groups -OCH3 is 1. The number of Topliss-reactive ketones (excluding diaryl/α,β-unsaturated/α-hetero) is 1. The highest BCUT2D eigenvalue weighted by molar-refractivity contribution is 5.96. The van der Waals surface area contributed by atoms with Crippen molar-refractivity contribution in [1.82, 2.24) is 9.78 Å². The van der Waals surface area contributed by atoms with Gasteiger partial charge in [0.2, 0.25) is 0 Å². The third kappa shape index (κ3) is 3.44. The van der Waals surface area contributed by atoms with Crippen molar-refractivity contribution in [2.24, 2.45) is 11.8 Å². The molecule has 1 aromatic heterocycles. The van der Waals surface area contributed by atoms with Crippen molar-refractivity contribution in [3.63, 3.8) is 0 Å². The van der Waals surface area contributed by atoms with Crippen LogP contribution in [0.25, 0.3) is 0 Å². The minimum Gasteiger partial charge on any atom is -0.385 e. The van der Waals surface area contributed by atoms with Gasteiger partial charge in [0.05, 0.1) is 0 Å². The SMILES string of the molecule is CCC1CCC(C(=O)c2ccnn2CCCOC)C1. The molecular formula is C15H24N2O2. The fourth-order valence-corrected chi connectivity index (χ4v) is 2.97. The molecule has 0 N–H and O–H groups in total. The lowest BCUT2D eigenvalue weighted by atomic mass is 9.97. The second kappa shape index (κ2) is 6.85. The van der Waals surface area contributed by atoms with E-state index in [-0.39, 0.29) is 11.7 Å². The standard InChI is InChI=1S/C15H24N2O2/c1-3-12-5-6-13(11-12)15(18)14-7-8-16-17(14)9-4-10-19-2/h7-8,12-13H,3-6,9-11H2,1-2H3. The molecule has 0 aliphatic heterocycles. The Morgan fingerprint density at radius 1 is 1.53 bits per heavy atom. The Balaban J connectivity index is 1.97. The van der Waals surface area contributed by atoms with Crippen LogP contribution >= 0.6 is 0 Å². The highest BCUT2D eigenvalue weighted by Crippen LogP contribution is 2.34. The Morgan fingerprint density at radius 3 is 3.05 bits per heavy atom. The molecule has 2 atom stereocenters. The average molecular weight is 264 g/mol. The van der Waals surface area contributed by atoms with Crippen molar-refractivity contribution in [2.75, 3.05) is 13.7 Å². The van der Waals surface area contributed by atoms with Crippen LogP contribution in [0.15, 0.2) is 12.3 Å². The first-order chi connectivity index (χ1) is 9.26. The van der Waals surface area contributed by atoms with E-state index in [1.165, 1.54) is 12.8 Å². The van der Waals surface area contributed by atoms with E-state index in [9.17, 15) is 4.79 Å². The van der Waals surface area contributed by atoms with Crippen molar-refractivity contribution in [2.45, 2.75) is 45.6 Å². The Kier molecular flexibility index (Phi) is 5.14. The number of aromatic nitrogens is 2. The first-order valence-electron chi connectivity index (χ1n) is 7.31. The number of nitrogens with zero attached hydrogens (tertiary/aromatic N) is 2. The van der Waals surface area contributed by atoms with Gasteiger partial charge >= 0.3 is 0 Å². The van der Waals surface area contributed by atoms with Crippen LogP contribution < -0.4 is 0 Å². The number of hydrogen-bond donors (Lipinski definition) is 0. The summed E-state index contributed by atoms with van der Waals surface area (Å²) in [6.07, 6.45) is 7.10. The fraction of sp³-hybridized carbons (Fsp3) is 0.733. The Bertz CT molecular complexity index is 414. The minimum atomic E-state index is 0.211. The maximum Gasteiger partial charge on any atom is 0.183 e. The third-order valence-corrected chi connectivity index (χ3v) is 4.18. The molecule has 1 aliphatic rings. The molecule has 1 heterocycles. The van der Waals surface area contributed by atoms with Crippen LogP contribution in [0.1, 0.15) is 49.5 Å². The molecular weight excluding hydrogens is 240 g/mol. The fourth-order valence-electron chi connectivity index (χ4n) is 2.97. The first-order valence-corrected chi connectivity index (χ1v) is 7.31. The largest absolute Gasteiger partial charge is 0.385 e. The summed E-state index contributed by atoms with van der Waals surface area (Å²) >= 11 is 0. The lowest BCUT2D eigenvalue weighted by Gasteiger charge is -2.11. The number of carbonyl (C=O) groups excluding carboxylic acids is 1. The summed E-state index contributed by atoms with van der Waals surface area (Å²) in [5.74, 6) is 1.23. The normalized spacial score (nSPS) is 22.8. The number of rotatable bonds is 7. The van der Waals surface area contributed by atoms with Crippen molar-refractivity contribution >= 4 is 5.78 Å². The number of hydrogen-bond acceptors (Lipinski definition) is 3. The van der Waals surface area contributed by atoms with E-state index in [2.05, 4.69) is 12.0 Å². The van der Waals surface area contributed by atoms with Gasteiger partial charge in [0.1, 0.15) is 5.69 Å². The molecule has 106 valence electrons. The molecule has 4 heteroatoms. The molecule has 1 fully saturated rings. The maximum atomic E-state index is 12.5. The van der Waals surface area contributed by atoms with Crippen LogP contribution in [-0.4, -0.2) is 29.3 Å². The molecule has 2 rings (SSSR count). The van der Waals surface area contributed by atoms with Crippen LogP contribution in [0, 0.1) is 11.8 Å². The molecule has 4 nitrogen and oxygen atoms in total. The minimum absolute atomic E-state index is 0.211. The van der Waals surface area contributed by atoms with Gasteiger partial charge in [-0.2, -0.15) is 5.10 Å². The number of ketones is 1. The van der Waals surface area contributed by atoms with E-state index >= 15 is 0 Å².